The van der Waals surface area contributed by atoms with E-state index in [9.17, 15) is 4.39 Å². The Hall–Kier alpha value is -1.15. The van der Waals surface area contributed by atoms with Crippen LogP contribution < -0.4 is 5.32 Å². The van der Waals surface area contributed by atoms with Gasteiger partial charge in [-0.2, -0.15) is 0 Å². The van der Waals surface area contributed by atoms with Gasteiger partial charge in [-0.05, 0) is 36.2 Å². The van der Waals surface area contributed by atoms with E-state index >= 15 is 0 Å². The monoisotopic (exact) mass is 193 g/mol. The largest absolute Gasteiger partial charge is 0.313 e. The van der Waals surface area contributed by atoms with Gasteiger partial charge in [-0.25, -0.2) is 4.39 Å². The van der Waals surface area contributed by atoms with E-state index in [4.69, 9.17) is 0 Å². The van der Waals surface area contributed by atoms with Crippen molar-refractivity contribution < 1.29 is 4.39 Å². The predicted octanol–water partition coefficient (Wildman–Crippen LogP) is 2.97. The van der Waals surface area contributed by atoms with Gasteiger partial charge in [-0.3, -0.25) is 0 Å². The molecular weight excluding hydrogens is 177 g/mol. The Balaban J connectivity index is 2.70. The van der Waals surface area contributed by atoms with Gasteiger partial charge < -0.3 is 5.32 Å². The molecule has 76 valence electrons. The molecule has 0 amide bonds. The van der Waals surface area contributed by atoms with Crippen molar-refractivity contribution >= 4 is 6.08 Å². The molecule has 0 aliphatic heterocycles. The zero-order valence-corrected chi connectivity index (χ0v) is 8.52. The molecule has 0 aliphatic rings. The average Bonchev–Trinajstić information content (AvgIpc) is 2.20. The minimum Gasteiger partial charge on any atom is -0.313 e. The Morgan fingerprint density at radius 1 is 1.50 bits per heavy atom. The van der Waals surface area contributed by atoms with Gasteiger partial charge >= 0.3 is 0 Å². The van der Waals surface area contributed by atoms with Crippen LogP contribution >= 0.6 is 0 Å². The molecule has 14 heavy (non-hydrogen) atoms. The maximum atomic E-state index is 12.9. The average molecular weight is 193 g/mol. The quantitative estimate of drug-likeness (QED) is 0.709. The van der Waals surface area contributed by atoms with Gasteiger partial charge in [0.1, 0.15) is 5.82 Å². The highest BCUT2D eigenvalue weighted by atomic mass is 19.1. The van der Waals surface area contributed by atoms with E-state index in [0.29, 0.717) is 0 Å². The summed E-state index contributed by atoms with van der Waals surface area (Å²) in [5.74, 6) is -0.209. The zero-order chi connectivity index (χ0) is 10.4. The van der Waals surface area contributed by atoms with Crippen molar-refractivity contribution in [3.05, 3.63) is 41.7 Å². The van der Waals surface area contributed by atoms with Gasteiger partial charge in [0.2, 0.25) is 0 Å². The second-order valence-corrected chi connectivity index (χ2v) is 3.22. The molecule has 1 nitrogen and oxygen atoms in total. The molecule has 0 unspecified atom stereocenters. The van der Waals surface area contributed by atoms with Crippen molar-refractivity contribution in [2.45, 2.75) is 19.9 Å². The third kappa shape index (κ3) is 2.96. The Kier molecular flexibility index (Phi) is 4.33. The number of rotatable bonds is 5. The lowest BCUT2D eigenvalue weighted by molar-refractivity contribution is 0.624. The van der Waals surface area contributed by atoms with Gasteiger partial charge in [-0.1, -0.05) is 25.6 Å². The van der Waals surface area contributed by atoms with E-state index in [0.717, 1.165) is 30.6 Å². The second kappa shape index (κ2) is 5.55. The van der Waals surface area contributed by atoms with Crippen molar-refractivity contribution in [1.29, 1.82) is 0 Å². The third-order valence-corrected chi connectivity index (χ3v) is 2.07. The fraction of sp³-hybridized carbons (Fsp3) is 0.333. The lowest BCUT2D eigenvalue weighted by Crippen LogP contribution is -2.14. The van der Waals surface area contributed by atoms with E-state index in [2.05, 4.69) is 18.8 Å². The van der Waals surface area contributed by atoms with E-state index in [-0.39, 0.29) is 5.82 Å². The molecule has 1 aromatic rings. The van der Waals surface area contributed by atoms with Crippen LogP contribution in [0.3, 0.4) is 0 Å². The highest BCUT2D eigenvalue weighted by Crippen LogP contribution is 2.12. The molecule has 0 spiro atoms. The fourth-order valence-corrected chi connectivity index (χ4v) is 1.32. The molecule has 0 saturated heterocycles. The third-order valence-electron chi connectivity index (χ3n) is 2.07. The highest BCUT2D eigenvalue weighted by molar-refractivity contribution is 5.51. The smallest absolute Gasteiger partial charge is 0.123 e. The van der Waals surface area contributed by atoms with Crippen LogP contribution in [0.15, 0.2) is 24.8 Å². The first-order valence-electron chi connectivity index (χ1n) is 4.89. The lowest BCUT2D eigenvalue weighted by Gasteiger charge is -2.07. The van der Waals surface area contributed by atoms with E-state index in [1.54, 1.807) is 12.1 Å². The summed E-state index contributed by atoms with van der Waals surface area (Å²) in [6.07, 6.45) is 2.79. The molecule has 2 heteroatoms. The number of hydrogen-bond donors (Lipinski definition) is 1. The summed E-state index contributed by atoms with van der Waals surface area (Å²) in [7, 11) is 0. The molecule has 0 fully saturated rings. The Morgan fingerprint density at radius 3 is 2.93 bits per heavy atom. The van der Waals surface area contributed by atoms with Gasteiger partial charge in [0.15, 0.2) is 0 Å². The molecule has 1 rings (SSSR count). The van der Waals surface area contributed by atoms with Crippen molar-refractivity contribution in [3.63, 3.8) is 0 Å². The molecule has 0 aromatic heterocycles. The van der Waals surface area contributed by atoms with E-state index in [1.807, 2.05) is 0 Å². The molecule has 0 atom stereocenters. The van der Waals surface area contributed by atoms with Crippen LogP contribution in [0.2, 0.25) is 0 Å². The molecular formula is C12H16FN. The van der Waals surface area contributed by atoms with Crippen LogP contribution in [0.4, 0.5) is 4.39 Å². The number of hydrogen-bond acceptors (Lipinski definition) is 1. The zero-order valence-electron chi connectivity index (χ0n) is 8.52. The Labute approximate surface area is 84.6 Å². The number of nitrogens with one attached hydrogen (secondary N) is 1. The maximum absolute atomic E-state index is 12.9. The SMILES string of the molecule is C=Cc1cc(F)ccc1CNCCC. The summed E-state index contributed by atoms with van der Waals surface area (Å²) in [6.45, 7) is 7.54. The van der Waals surface area contributed by atoms with Crippen molar-refractivity contribution in [3.8, 4) is 0 Å². The molecule has 1 N–H and O–H groups in total. The first-order chi connectivity index (χ1) is 6.77. The van der Waals surface area contributed by atoms with Crippen LogP contribution in [-0.2, 0) is 6.54 Å². The molecule has 0 saturated carbocycles. The highest BCUT2D eigenvalue weighted by Gasteiger charge is 2.00. The fourth-order valence-electron chi connectivity index (χ4n) is 1.32. The summed E-state index contributed by atoms with van der Waals surface area (Å²) in [5.41, 5.74) is 1.96. The van der Waals surface area contributed by atoms with Crippen LogP contribution in [0.25, 0.3) is 6.08 Å². The van der Waals surface area contributed by atoms with Crippen molar-refractivity contribution in [1.82, 2.24) is 5.32 Å². The Bertz CT molecular complexity index is 307. The summed E-state index contributed by atoms with van der Waals surface area (Å²) in [6, 6.07) is 4.79. The van der Waals surface area contributed by atoms with Crippen molar-refractivity contribution in [2.75, 3.05) is 6.54 Å². The standard InChI is InChI=1S/C12H16FN/c1-3-7-14-9-11-5-6-12(13)8-10(11)4-2/h4-6,8,14H,2-3,7,9H2,1H3. The van der Waals surface area contributed by atoms with E-state index in [1.165, 1.54) is 12.1 Å². The van der Waals surface area contributed by atoms with E-state index < -0.39 is 0 Å². The molecule has 0 aliphatic carbocycles. The van der Waals surface area contributed by atoms with Gasteiger partial charge in [-0.15, -0.1) is 0 Å². The van der Waals surface area contributed by atoms with Gasteiger partial charge in [0, 0.05) is 6.54 Å². The normalized spacial score (nSPS) is 10.1. The van der Waals surface area contributed by atoms with Crippen LogP contribution in [-0.4, -0.2) is 6.54 Å². The minimum absolute atomic E-state index is 0.209. The summed E-state index contributed by atoms with van der Waals surface area (Å²) >= 11 is 0. The van der Waals surface area contributed by atoms with Crippen LogP contribution in [0.5, 0.6) is 0 Å². The van der Waals surface area contributed by atoms with Crippen LogP contribution in [0.1, 0.15) is 24.5 Å². The van der Waals surface area contributed by atoms with Crippen molar-refractivity contribution in [2.24, 2.45) is 0 Å². The Morgan fingerprint density at radius 2 is 2.29 bits per heavy atom. The summed E-state index contributed by atoms with van der Waals surface area (Å²) < 4.78 is 12.9. The van der Waals surface area contributed by atoms with Gasteiger partial charge in [0.05, 0.1) is 0 Å². The molecule has 1 aromatic carbocycles. The summed E-state index contributed by atoms with van der Waals surface area (Å²) in [4.78, 5) is 0. The topological polar surface area (TPSA) is 12.0 Å². The molecule has 0 bridgehead atoms. The maximum Gasteiger partial charge on any atom is 0.123 e. The number of halogens is 1. The first-order valence-corrected chi connectivity index (χ1v) is 4.89. The van der Waals surface area contributed by atoms with Gasteiger partial charge in [0.25, 0.3) is 0 Å². The molecule has 0 radical (unpaired) electrons. The molecule has 0 heterocycles. The predicted molar refractivity (Wildman–Crippen MR) is 58.5 cm³/mol. The lowest BCUT2D eigenvalue weighted by atomic mass is 10.1. The summed E-state index contributed by atoms with van der Waals surface area (Å²) in [5, 5.41) is 3.28. The van der Waals surface area contributed by atoms with Crippen LogP contribution in [0, 0.1) is 5.82 Å². The minimum atomic E-state index is -0.209. The number of benzene rings is 1. The first kappa shape index (κ1) is 10.9. The second-order valence-electron chi connectivity index (χ2n) is 3.22.